The molecule has 0 fully saturated rings. The Kier molecular flexibility index (Phi) is 6.99. The summed E-state index contributed by atoms with van der Waals surface area (Å²) < 4.78 is 5.76. The second-order valence-corrected chi connectivity index (χ2v) is 7.01. The summed E-state index contributed by atoms with van der Waals surface area (Å²) in [6, 6.07) is 20.8. The topological polar surface area (TPSA) is 33.6 Å². The van der Waals surface area contributed by atoms with Crippen LogP contribution in [0.5, 0.6) is 5.75 Å². The molecule has 3 nitrogen and oxygen atoms in total. The number of hydrogen-bond acceptors (Lipinski definition) is 3. The highest BCUT2D eigenvalue weighted by Crippen LogP contribution is 2.23. The second kappa shape index (κ2) is 9.65. The average Bonchev–Trinajstić information content (AvgIpc) is 2.68. The maximum absolute atomic E-state index is 6.11. The van der Waals surface area contributed by atoms with Crippen LogP contribution in [-0.2, 0) is 13.2 Å². The summed E-state index contributed by atoms with van der Waals surface area (Å²) in [4.78, 5) is 0. The van der Waals surface area contributed by atoms with Crippen molar-refractivity contribution < 1.29 is 4.74 Å². The SMILES string of the molecule is Clc1ccc(COc2ccc(/C=N\NCc3ccccc3Cl)cc2)cc1Cl. The standard InChI is InChI=1S/C21H17Cl3N2O/c22-19-4-2-1-3-17(19)13-26-25-12-15-5-8-18(9-6-15)27-14-16-7-10-20(23)21(24)11-16/h1-12,26H,13-14H2/b25-12-. The first-order valence-electron chi connectivity index (χ1n) is 8.28. The van der Waals surface area contributed by atoms with Crippen molar-refractivity contribution in [3.63, 3.8) is 0 Å². The number of nitrogens with one attached hydrogen (secondary N) is 1. The van der Waals surface area contributed by atoms with Crippen molar-refractivity contribution in [3.05, 3.63) is 98.5 Å². The van der Waals surface area contributed by atoms with Crippen LogP contribution in [0.3, 0.4) is 0 Å². The lowest BCUT2D eigenvalue weighted by Crippen LogP contribution is -2.05. The van der Waals surface area contributed by atoms with Gasteiger partial charge >= 0.3 is 0 Å². The molecule has 0 bridgehead atoms. The summed E-state index contributed by atoms with van der Waals surface area (Å²) in [5, 5.41) is 6.00. The van der Waals surface area contributed by atoms with Crippen LogP contribution >= 0.6 is 34.8 Å². The van der Waals surface area contributed by atoms with Crippen LogP contribution in [-0.4, -0.2) is 6.21 Å². The van der Waals surface area contributed by atoms with Crippen molar-refractivity contribution in [2.45, 2.75) is 13.2 Å². The van der Waals surface area contributed by atoms with Gasteiger partial charge in [0, 0.05) is 5.02 Å². The van der Waals surface area contributed by atoms with Crippen molar-refractivity contribution in [2.24, 2.45) is 5.10 Å². The minimum Gasteiger partial charge on any atom is -0.489 e. The molecule has 3 rings (SSSR count). The van der Waals surface area contributed by atoms with Gasteiger partial charge in [-0.1, -0.05) is 59.1 Å². The fourth-order valence-corrected chi connectivity index (χ4v) is 2.86. The first-order chi connectivity index (χ1) is 13.1. The van der Waals surface area contributed by atoms with E-state index in [0.29, 0.717) is 23.2 Å². The van der Waals surface area contributed by atoms with Crippen LogP contribution in [0, 0.1) is 0 Å². The molecule has 1 N–H and O–H groups in total. The van der Waals surface area contributed by atoms with Crippen molar-refractivity contribution in [2.75, 3.05) is 0 Å². The van der Waals surface area contributed by atoms with Crippen molar-refractivity contribution in [3.8, 4) is 5.75 Å². The summed E-state index contributed by atoms with van der Waals surface area (Å²) in [6.07, 6.45) is 1.75. The van der Waals surface area contributed by atoms with Gasteiger partial charge in [-0.05, 0) is 59.2 Å². The number of halogens is 3. The van der Waals surface area contributed by atoms with Gasteiger partial charge in [0.25, 0.3) is 0 Å². The molecule has 0 saturated carbocycles. The fraction of sp³-hybridized carbons (Fsp3) is 0.0952. The van der Waals surface area contributed by atoms with E-state index in [1.807, 2.05) is 54.6 Å². The van der Waals surface area contributed by atoms with Gasteiger partial charge in [0.05, 0.1) is 22.8 Å². The molecule has 0 aliphatic rings. The molecule has 0 aromatic heterocycles. The largest absolute Gasteiger partial charge is 0.489 e. The molecular weight excluding hydrogens is 403 g/mol. The molecule has 0 amide bonds. The smallest absolute Gasteiger partial charge is 0.119 e. The highest BCUT2D eigenvalue weighted by Gasteiger charge is 2.01. The molecule has 0 radical (unpaired) electrons. The van der Waals surface area contributed by atoms with E-state index >= 15 is 0 Å². The Morgan fingerprint density at radius 2 is 1.63 bits per heavy atom. The Morgan fingerprint density at radius 1 is 0.852 bits per heavy atom. The Labute approximate surface area is 173 Å². The zero-order valence-electron chi connectivity index (χ0n) is 14.3. The Bertz CT molecular complexity index is 927. The third kappa shape index (κ3) is 5.90. The summed E-state index contributed by atoms with van der Waals surface area (Å²) in [6.45, 7) is 0.991. The van der Waals surface area contributed by atoms with Crippen LogP contribution in [0.15, 0.2) is 71.8 Å². The minimum atomic E-state index is 0.420. The van der Waals surface area contributed by atoms with E-state index in [4.69, 9.17) is 39.5 Å². The van der Waals surface area contributed by atoms with Crippen LogP contribution in [0.4, 0.5) is 0 Å². The molecule has 0 spiro atoms. The van der Waals surface area contributed by atoms with E-state index in [-0.39, 0.29) is 0 Å². The molecule has 0 atom stereocenters. The maximum Gasteiger partial charge on any atom is 0.119 e. The molecule has 27 heavy (non-hydrogen) atoms. The fourth-order valence-electron chi connectivity index (χ4n) is 2.34. The molecule has 0 heterocycles. The van der Waals surface area contributed by atoms with E-state index in [1.165, 1.54) is 0 Å². The number of nitrogens with zero attached hydrogens (tertiary/aromatic N) is 1. The van der Waals surface area contributed by atoms with Gasteiger partial charge in [0.15, 0.2) is 0 Å². The quantitative estimate of drug-likeness (QED) is 0.357. The van der Waals surface area contributed by atoms with Crippen LogP contribution in [0.2, 0.25) is 15.1 Å². The predicted octanol–water partition coefficient (Wildman–Crippen LogP) is 6.35. The van der Waals surface area contributed by atoms with Gasteiger partial charge in [-0.15, -0.1) is 0 Å². The van der Waals surface area contributed by atoms with Gasteiger partial charge < -0.3 is 10.2 Å². The van der Waals surface area contributed by atoms with E-state index in [0.717, 1.165) is 27.5 Å². The minimum absolute atomic E-state index is 0.420. The maximum atomic E-state index is 6.11. The first kappa shape index (κ1) is 19.6. The summed E-state index contributed by atoms with van der Waals surface area (Å²) in [7, 11) is 0. The molecule has 138 valence electrons. The molecule has 3 aromatic rings. The molecule has 3 aromatic carbocycles. The third-order valence-corrected chi connectivity index (χ3v) is 4.91. The van der Waals surface area contributed by atoms with Gasteiger partial charge in [-0.25, -0.2) is 0 Å². The Hall–Kier alpha value is -2.20. The second-order valence-electron chi connectivity index (χ2n) is 5.79. The Morgan fingerprint density at radius 3 is 2.37 bits per heavy atom. The molecule has 6 heteroatoms. The average molecular weight is 420 g/mol. The van der Waals surface area contributed by atoms with Crippen molar-refractivity contribution in [1.29, 1.82) is 0 Å². The lowest BCUT2D eigenvalue weighted by atomic mass is 10.2. The van der Waals surface area contributed by atoms with Crippen LogP contribution < -0.4 is 10.2 Å². The predicted molar refractivity (Wildman–Crippen MR) is 113 cm³/mol. The summed E-state index contributed by atoms with van der Waals surface area (Å²) in [5.41, 5.74) is 5.91. The Balaban J connectivity index is 1.49. The van der Waals surface area contributed by atoms with Gasteiger partial charge in [-0.2, -0.15) is 5.10 Å². The van der Waals surface area contributed by atoms with E-state index in [9.17, 15) is 0 Å². The molecule has 0 aliphatic carbocycles. The van der Waals surface area contributed by atoms with Crippen molar-refractivity contribution >= 4 is 41.0 Å². The number of ether oxygens (including phenoxy) is 1. The zero-order chi connectivity index (χ0) is 19.1. The molecule has 0 unspecified atom stereocenters. The van der Waals surface area contributed by atoms with Crippen molar-refractivity contribution in [1.82, 2.24) is 5.43 Å². The van der Waals surface area contributed by atoms with Gasteiger partial charge in [-0.3, -0.25) is 0 Å². The van der Waals surface area contributed by atoms with Gasteiger partial charge in [0.1, 0.15) is 12.4 Å². The highest BCUT2D eigenvalue weighted by atomic mass is 35.5. The lowest BCUT2D eigenvalue weighted by Gasteiger charge is -2.07. The van der Waals surface area contributed by atoms with E-state index in [1.54, 1.807) is 18.3 Å². The summed E-state index contributed by atoms with van der Waals surface area (Å²) in [5.74, 6) is 0.766. The molecular formula is C21H17Cl3N2O. The zero-order valence-corrected chi connectivity index (χ0v) is 16.6. The third-order valence-electron chi connectivity index (χ3n) is 3.80. The van der Waals surface area contributed by atoms with E-state index in [2.05, 4.69) is 10.5 Å². The molecule has 0 aliphatic heterocycles. The lowest BCUT2D eigenvalue weighted by molar-refractivity contribution is 0.306. The van der Waals surface area contributed by atoms with Crippen LogP contribution in [0.25, 0.3) is 0 Å². The number of hydrogen-bond donors (Lipinski definition) is 1. The van der Waals surface area contributed by atoms with Crippen LogP contribution in [0.1, 0.15) is 16.7 Å². The number of hydrazone groups is 1. The van der Waals surface area contributed by atoms with Gasteiger partial charge in [0.2, 0.25) is 0 Å². The number of rotatable bonds is 7. The summed E-state index contributed by atoms with van der Waals surface area (Å²) >= 11 is 18.0. The monoisotopic (exact) mass is 418 g/mol. The number of benzene rings is 3. The highest BCUT2D eigenvalue weighted by molar-refractivity contribution is 6.42. The molecule has 0 saturated heterocycles. The normalized spacial score (nSPS) is 10.9. The first-order valence-corrected chi connectivity index (χ1v) is 9.41. The van der Waals surface area contributed by atoms with E-state index < -0.39 is 0 Å².